The van der Waals surface area contributed by atoms with Crippen molar-refractivity contribution in [1.82, 2.24) is 0 Å². The van der Waals surface area contributed by atoms with Gasteiger partial charge in [-0.1, -0.05) is 63.2 Å². The SMILES string of the molecule is C=CC[Si](C)(C)CCC[SiH2]OCC.CCOOCC.CCOOCC.CCO[SiH2]CCC[Si](C)(C)CCCC(F)(F)OCCC(F)(F)F. The normalized spacial score (nSPS) is 12.4. The van der Waals surface area contributed by atoms with E-state index in [1.54, 1.807) is 0 Å². The van der Waals surface area contributed by atoms with Crippen molar-refractivity contribution in [2.45, 2.75) is 148 Å². The summed E-state index contributed by atoms with van der Waals surface area (Å²) in [5, 5.41) is 0. The van der Waals surface area contributed by atoms with E-state index in [1.807, 2.05) is 34.6 Å². The summed E-state index contributed by atoms with van der Waals surface area (Å²) in [7, 11) is -3.05. The number of hydrogen-bond donors (Lipinski definition) is 0. The molecule has 0 saturated carbocycles. The van der Waals surface area contributed by atoms with Crippen molar-refractivity contribution in [1.29, 1.82) is 0 Å². The number of alkyl halides is 5. The topological polar surface area (TPSA) is 64.6 Å². The molecule has 48 heavy (non-hydrogen) atoms. The fraction of sp³-hybridized carbons (Fsp3) is 0.938. The highest BCUT2D eigenvalue weighted by molar-refractivity contribution is 6.78. The first kappa shape index (κ1) is 54.7. The predicted octanol–water partition coefficient (Wildman–Crippen LogP) is 9.72. The van der Waals surface area contributed by atoms with E-state index in [2.05, 4.69) is 70.1 Å². The quantitative estimate of drug-likeness (QED) is 0.0206. The molecule has 0 spiro atoms. The van der Waals surface area contributed by atoms with E-state index in [4.69, 9.17) is 8.85 Å². The summed E-state index contributed by atoms with van der Waals surface area (Å²) >= 11 is 0. The van der Waals surface area contributed by atoms with Gasteiger partial charge in [-0.2, -0.15) is 22.0 Å². The van der Waals surface area contributed by atoms with E-state index >= 15 is 0 Å². The minimum Gasteiger partial charge on any atom is -0.424 e. The summed E-state index contributed by atoms with van der Waals surface area (Å²) < 4.78 is 77.4. The maximum Gasteiger partial charge on any atom is 0.391 e. The molecule has 0 radical (unpaired) electrons. The Labute approximate surface area is 297 Å². The molecule has 7 nitrogen and oxygen atoms in total. The first-order chi connectivity index (χ1) is 22.4. The Morgan fingerprint density at radius 1 is 0.583 bits per heavy atom. The Morgan fingerprint density at radius 2 is 0.979 bits per heavy atom. The lowest BCUT2D eigenvalue weighted by Crippen LogP contribution is -2.28. The van der Waals surface area contributed by atoms with Crippen LogP contribution in [0, 0.1) is 0 Å². The third-order valence-electron chi connectivity index (χ3n) is 6.55. The Bertz CT molecular complexity index is 651. The minimum absolute atomic E-state index is 0.175. The number of rotatable bonds is 27. The van der Waals surface area contributed by atoms with E-state index in [0.29, 0.717) is 32.8 Å². The van der Waals surface area contributed by atoms with E-state index < -0.39 is 57.6 Å². The molecule has 0 aliphatic heterocycles. The van der Waals surface area contributed by atoms with Crippen LogP contribution in [0.1, 0.15) is 73.6 Å². The van der Waals surface area contributed by atoms with Crippen LogP contribution in [0.3, 0.4) is 0 Å². The third kappa shape index (κ3) is 52.8. The number of ether oxygens (including phenoxy) is 1. The molecule has 0 fully saturated rings. The summed E-state index contributed by atoms with van der Waals surface area (Å²) in [5.74, 6) is 0. The van der Waals surface area contributed by atoms with Crippen molar-refractivity contribution in [3.8, 4) is 0 Å². The van der Waals surface area contributed by atoms with Crippen LogP contribution in [0.4, 0.5) is 22.0 Å². The van der Waals surface area contributed by atoms with Gasteiger partial charge in [-0.3, -0.25) is 0 Å². The van der Waals surface area contributed by atoms with Gasteiger partial charge in [0.1, 0.15) is 0 Å². The van der Waals surface area contributed by atoms with Crippen molar-refractivity contribution in [2.24, 2.45) is 0 Å². The highest BCUT2D eigenvalue weighted by atomic mass is 28.3. The summed E-state index contributed by atoms with van der Waals surface area (Å²) in [6.07, 6.45) is -4.91. The van der Waals surface area contributed by atoms with Crippen LogP contribution in [0.15, 0.2) is 12.7 Å². The van der Waals surface area contributed by atoms with Gasteiger partial charge in [-0.25, -0.2) is 19.6 Å². The Hall–Kier alpha value is -0.0225. The van der Waals surface area contributed by atoms with E-state index in [-0.39, 0.29) is 9.76 Å². The molecule has 0 aliphatic rings. The second-order valence-corrected chi connectivity index (χ2v) is 26.1. The Balaban J connectivity index is -0.000000321. The zero-order valence-corrected chi connectivity index (χ0v) is 37.0. The zero-order valence-electron chi connectivity index (χ0n) is 32.2. The van der Waals surface area contributed by atoms with Crippen LogP contribution in [0.5, 0.6) is 0 Å². The molecule has 0 aromatic rings. The molecule has 0 unspecified atom stereocenters. The fourth-order valence-corrected chi connectivity index (χ4v) is 11.7. The van der Waals surface area contributed by atoms with E-state index in [1.165, 1.54) is 24.6 Å². The van der Waals surface area contributed by atoms with E-state index in [0.717, 1.165) is 37.8 Å². The standard InChI is InChI=1S/C14H29F5O2Si2.C10H24OSi2.2C4H10O2/c1-4-21-22-10-6-12-23(2,3)11-5-7-14(18,19)20-9-8-13(15,16)17;1-5-9-13(3,4)10-7-8-12-11-6-2;2*1-3-5-6-4-2/h4-12,22H2,1-3H3;5H,1,6-10,12H2,2-4H3;2*3-4H2,1-2H3. The molecule has 0 aromatic carbocycles. The van der Waals surface area contributed by atoms with Crippen LogP contribution in [0.25, 0.3) is 0 Å². The van der Waals surface area contributed by atoms with Gasteiger partial charge >= 0.3 is 12.3 Å². The molecule has 0 N–H and O–H groups in total. The first-order valence-corrected chi connectivity index (χ1v) is 27.7. The van der Waals surface area contributed by atoms with Gasteiger partial charge in [0.25, 0.3) is 0 Å². The lowest BCUT2D eigenvalue weighted by molar-refractivity contribution is -0.287. The lowest BCUT2D eigenvalue weighted by atomic mass is 10.3. The van der Waals surface area contributed by atoms with Gasteiger partial charge in [-0.15, -0.1) is 6.58 Å². The summed E-state index contributed by atoms with van der Waals surface area (Å²) in [5.41, 5.74) is 0. The molecule has 0 bridgehead atoms. The van der Waals surface area contributed by atoms with Crippen molar-refractivity contribution in [3.05, 3.63) is 12.7 Å². The van der Waals surface area contributed by atoms with Gasteiger partial charge < -0.3 is 13.6 Å². The Kier molecular flexibility index (Phi) is 41.9. The number of hydrogen-bond acceptors (Lipinski definition) is 7. The Morgan fingerprint density at radius 3 is 1.33 bits per heavy atom. The fourth-order valence-electron chi connectivity index (χ4n) is 4.02. The molecule has 294 valence electrons. The molecule has 0 aromatic heterocycles. The van der Waals surface area contributed by atoms with Crippen LogP contribution in [-0.2, 0) is 33.1 Å². The molecule has 0 heterocycles. The molecule has 0 rings (SSSR count). The second-order valence-electron chi connectivity index (χ2n) is 12.5. The molecule has 0 aliphatic carbocycles. The van der Waals surface area contributed by atoms with Gasteiger partial charge in [0, 0.05) is 27.7 Å². The second kappa shape index (κ2) is 36.8. The number of halogens is 5. The van der Waals surface area contributed by atoms with Crippen LogP contribution < -0.4 is 0 Å². The van der Waals surface area contributed by atoms with Gasteiger partial charge in [-0.05, 0) is 66.1 Å². The lowest BCUT2D eigenvalue weighted by Gasteiger charge is -2.24. The summed E-state index contributed by atoms with van der Waals surface area (Å²) in [4.78, 5) is 17.9. The minimum atomic E-state index is -4.46. The van der Waals surface area contributed by atoms with Crippen molar-refractivity contribution < 1.29 is 55.1 Å². The van der Waals surface area contributed by atoms with Gasteiger partial charge in [0.05, 0.1) is 47.5 Å². The predicted molar refractivity (Wildman–Crippen MR) is 201 cm³/mol. The number of allylic oxidation sites excluding steroid dienone is 1. The largest absolute Gasteiger partial charge is 0.424 e. The highest BCUT2D eigenvalue weighted by Crippen LogP contribution is 2.29. The first-order valence-electron chi connectivity index (χ1n) is 17.8. The molecule has 0 saturated heterocycles. The zero-order chi connectivity index (χ0) is 37.8. The summed E-state index contributed by atoms with van der Waals surface area (Å²) in [6.45, 7) is 27.9. The molecular weight excluding hydrogens is 704 g/mol. The van der Waals surface area contributed by atoms with Crippen LogP contribution in [-0.4, -0.2) is 94.2 Å². The monoisotopic (exact) mass is 776 g/mol. The van der Waals surface area contributed by atoms with Crippen molar-refractivity contribution in [3.63, 3.8) is 0 Å². The van der Waals surface area contributed by atoms with Crippen molar-refractivity contribution >= 4 is 35.7 Å². The van der Waals surface area contributed by atoms with Gasteiger partial charge in [0.15, 0.2) is 19.5 Å². The average molecular weight is 777 g/mol. The van der Waals surface area contributed by atoms with Gasteiger partial charge in [0.2, 0.25) is 0 Å². The van der Waals surface area contributed by atoms with Crippen molar-refractivity contribution in [2.75, 3.05) is 46.2 Å². The maximum absolute atomic E-state index is 13.4. The van der Waals surface area contributed by atoms with Crippen LogP contribution >= 0.6 is 0 Å². The molecule has 0 atom stereocenters. The summed E-state index contributed by atoms with van der Waals surface area (Å²) in [6, 6.07) is 7.00. The molecule has 16 heteroatoms. The van der Waals surface area contributed by atoms with E-state index in [9.17, 15) is 22.0 Å². The maximum atomic E-state index is 13.4. The third-order valence-corrected chi connectivity index (χ3v) is 16.0. The smallest absolute Gasteiger partial charge is 0.391 e. The van der Waals surface area contributed by atoms with Crippen LogP contribution in [0.2, 0.25) is 62.5 Å². The average Bonchev–Trinajstić information content (AvgIpc) is 2.98. The molecule has 0 amide bonds. The molecular formula is C32H73F5O7Si4. The highest BCUT2D eigenvalue weighted by Gasteiger charge is 2.34.